The Morgan fingerprint density at radius 1 is 1.22 bits per heavy atom. The van der Waals surface area contributed by atoms with Gasteiger partial charge in [0, 0.05) is 20.0 Å². The van der Waals surface area contributed by atoms with Gasteiger partial charge in [-0.05, 0) is 52.3 Å². The second-order valence-corrected chi connectivity index (χ2v) is 5.44. The van der Waals surface area contributed by atoms with Crippen molar-refractivity contribution in [1.29, 1.82) is 0 Å². The standard InChI is InChI=1S/C13H9BrClNOS/c14-11-5-4-9(15)7-12(11)16-13(17)8-2-1-3-10(18)6-8/h1-7,18H,(H,16,17). The number of hydrogen-bond acceptors (Lipinski definition) is 2. The Balaban J connectivity index is 2.24. The molecule has 0 radical (unpaired) electrons. The van der Waals surface area contributed by atoms with Crippen LogP contribution in [-0.4, -0.2) is 5.91 Å². The van der Waals surface area contributed by atoms with E-state index in [1.807, 2.05) is 6.07 Å². The normalized spacial score (nSPS) is 10.2. The minimum absolute atomic E-state index is 0.200. The molecule has 0 aliphatic rings. The highest BCUT2D eigenvalue weighted by Crippen LogP contribution is 2.26. The molecule has 0 aromatic heterocycles. The number of carbonyl (C=O) groups is 1. The molecule has 0 bridgehead atoms. The van der Waals surface area contributed by atoms with Crippen LogP contribution < -0.4 is 5.32 Å². The fourth-order valence-corrected chi connectivity index (χ4v) is 2.18. The van der Waals surface area contributed by atoms with Crippen LogP contribution in [0.4, 0.5) is 5.69 Å². The number of rotatable bonds is 2. The number of amides is 1. The third-order valence-electron chi connectivity index (χ3n) is 2.28. The molecule has 0 aliphatic heterocycles. The summed E-state index contributed by atoms with van der Waals surface area (Å²) in [5.41, 5.74) is 1.19. The van der Waals surface area contributed by atoms with E-state index in [2.05, 4.69) is 33.9 Å². The molecule has 0 atom stereocenters. The summed E-state index contributed by atoms with van der Waals surface area (Å²) in [6.45, 7) is 0. The van der Waals surface area contributed by atoms with E-state index in [1.165, 1.54) is 0 Å². The van der Waals surface area contributed by atoms with Crippen LogP contribution in [0.15, 0.2) is 51.8 Å². The minimum Gasteiger partial charge on any atom is -0.321 e. The van der Waals surface area contributed by atoms with Crippen LogP contribution >= 0.6 is 40.2 Å². The van der Waals surface area contributed by atoms with Gasteiger partial charge in [-0.1, -0.05) is 17.7 Å². The smallest absolute Gasteiger partial charge is 0.255 e. The van der Waals surface area contributed by atoms with Crippen molar-refractivity contribution in [1.82, 2.24) is 0 Å². The molecule has 1 N–H and O–H groups in total. The van der Waals surface area contributed by atoms with Gasteiger partial charge in [-0.25, -0.2) is 0 Å². The van der Waals surface area contributed by atoms with Crippen LogP contribution in [0.25, 0.3) is 0 Å². The summed E-state index contributed by atoms with van der Waals surface area (Å²) in [5, 5.41) is 3.36. The Morgan fingerprint density at radius 2 is 2.00 bits per heavy atom. The van der Waals surface area contributed by atoms with Crippen LogP contribution in [0.5, 0.6) is 0 Å². The summed E-state index contributed by atoms with van der Waals surface area (Å²) < 4.78 is 0.780. The molecule has 0 heterocycles. The molecule has 0 saturated carbocycles. The first kappa shape index (κ1) is 13.5. The number of hydrogen-bond donors (Lipinski definition) is 2. The third-order valence-corrected chi connectivity index (χ3v) is 3.49. The highest BCUT2D eigenvalue weighted by atomic mass is 79.9. The van der Waals surface area contributed by atoms with Crippen molar-refractivity contribution in [3.05, 3.63) is 57.5 Å². The molecule has 5 heteroatoms. The van der Waals surface area contributed by atoms with Crippen LogP contribution in [-0.2, 0) is 0 Å². The molecule has 0 unspecified atom stereocenters. The van der Waals surface area contributed by atoms with Gasteiger partial charge in [0.2, 0.25) is 0 Å². The summed E-state index contributed by atoms with van der Waals surface area (Å²) in [6.07, 6.45) is 0. The van der Waals surface area contributed by atoms with Crippen LogP contribution in [0.1, 0.15) is 10.4 Å². The molecular weight excluding hydrogens is 334 g/mol. The van der Waals surface area contributed by atoms with Crippen molar-refractivity contribution in [3.8, 4) is 0 Å². The number of anilines is 1. The van der Waals surface area contributed by atoms with Crippen LogP contribution in [0, 0.1) is 0 Å². The third kappa shape index (κ3) is 3.28. The highest BCUT2D eigenvalue weighted by molar-refractivity contribution is 9.10. The molecule has 2 aromatic carbocycles. The van der Waals surface area contributed by atoms with Gasteiger partial charge in [0.1, 0.15) is 0 Å². The lowest BCUT2D eigenvalue weighted by Crippen LogP contribution is -2.12. The zero-order valence-corrected chi connectivity index (χ0v) is 12.4. The van der Waals surface area contributed by atoms with Gasteiger partial charge in [-0.15, -0.1) is 12.6 Å². The van der Waals surface area contributed by atoms with Gasteiger partial charge in [-0.3, -0.25) is 4.79 Å². The number of nitrogens with one attached hydrogen (secondary N) is 1. The van der Waals surface area contributed by atoms with Gasteiger partial charge in [0.25, 0.3) is 5.91 Å². The fourth-order valence-electron chi connectivity index (χ4n) is 1.43. The predicted molar refractivity (Wildman–Crippen MR) is 80.8 cm³/mol. The highest BCUT2D eigenvalue weighted by Gasteiger charge is 2.08. The molecule has 2 rings (SSSR count). The monoisotopic (exact) mass is 341 g/mol. The van der Waals surface area contributed by atoms with E-state index in [9.17, 15) is 4.79 Å². The zero-order chi connectivity index (χ0) is 13.1. The van der Waals surface area contributed by atoms with E-state index in [0.29, 0.717) is 16.3 Å². The van der Waals surface area contributed by atoms with Gasteiger partial charge in [-0.2, -0.15) is 0 Å². The number of benzene rings is 2. The molecule has 0 saturated heterocycles. The molecule has 2 aromatic rings. The Morgan fingerprint density at radius 3 is 2.72 bits per heavy atom. The summed E-state index contributed by atoms with van der Waals surface area (Å²) in [6, 6.07) is 12.3. The van der Waals surface area contributed by atoms with Gasteiger partial charge in [0.05, 0.1) is 5.69 Å². The lowest BCUT2D eigenvalue weighted by molar-refractivity contribution is 0.102. The maximum atomic E-state index is 12.0. The van der Waals surface area contributed by atoms with E-state index >= 15 is 0 Å². The van der Waals surface area contributed by atoms with Gasteiger partial charge in [0.15, 0.2) is 0 Å². The van der Waals surface area contributed by atoms with Crippen molar-refractivity contribution >= 4 is 51.8 Å². The lowest BCUT2D eigenvalue weighted by atomic mass is 10.2. The number of halogens is 2. The van der Waals surface area contributed by atoms with Crippen molar-refractivity contribution in [2.24, 2.45) is 0 Å². The molecular formula is C13H9BrClNOS. The Hall–Kier alpha value is -0.970. The molecule has 1 amide bonds. The van der Waals surface area contributed by atoms with Crippen molar-refractivity contribution < 1.29 is 4.79 Å². The first-order valence-corrected chi connectivity index (χ1v) is 6.73. The van der Waals surface area contributed by atoms with Crippen molar-refractivity contribution in [2.75, 3.05) is 5.32 Å². The zero-order valence-electron chi connectivity index (χ0n) is 9.15. The second-order valence-electron chi connectivity index (χ2n) is 3.63. The molecule has 92 valence electrons. The van der Waals surface area contributed by atoms with E-state index < -0.39 is 0 Å². The maximum Gasteiger partial charge on any atom is 0.255 e. The first-order valence-electron chi connectivity index (χ1n) is 5.12. The summed E-state index contributed by atoms with van der Waals surface area (Å²) in [4.78, 5) is 12.8. The Bertz CT molecular complexity index is 603. The SMILES string of the molecule is O=C(Nc1cc(Cl)ccc1Br)c1cccc(S)c1. The Labute approximate surface area is 124 Å². The average molecular weight is 343 g/mol. The maximum absolute atomic E-state index is 12.0. The summed E-state index contributed by atoms with van der Waals surface area (Å²) >= 11 is 13.4. The van der Waals surface area contributed by atoms with Crippen molar-refractivity contribution in [3.63, 3.8) is 0 Å². The first-order chi connectivity index (χ1) is 8.56. The molecule has 18 heavy (non-hydrogen) atoms. The molecule has 2 nitrogen and oxygen atoms in total. The molecule has 0 fully saturated rings. The summed E-state index contributed by atoms with van der Waals surface area (Å²) in [5.74, 6) is -0.200. The summed E-state index contributed by atoms with van der Waals surface area (Å²) in [7, 11) is 0. The van der Waals surface area contributed by atoms with E-state index in [1.54, 1.807) is 36.4 Å². The van der Waals surface area contributed by atoms with Crippen molar-refractivity contribution in [2.45, 2.75) is 4.90 Å². The van der Waals surface area contributed by atoms with Gasteiger partial charge < -0.3 is 5.32 Å². The number of thiol groups is 1. The van der Waals surface area contributed by atoms with Gasteiger partial charge >= 0.3 is 0 Å². The van der Waals surface area contributed by atoms with Crippen LogP contribution in [0.3, 0.4) is 0 Å². The largest absolute Gasteiger partial charge is 0.321 e. The topological polar surface area (TPSA) is 29.1 Å². The van der Waals surface area contributed by atoms with E-state index in [4.69, 9.17) is 11.6 Å². The van der Waals surface area contributed by atoms with Crippen LogP contribution in [0.2, 0.25) is 5.02 Å². The van der Waals surface area contributed by atoms with E-state index in [0.717, 1.165) is 9.37 Å². The van der Waals surface area contributed by atoms with E-state index in [-0.39, 0.29) is 5.91 Å². The fraction of sp³-hybridized carbons (Fsp3) is 0. The average Bonchev–Trinajstić information content (AvgIpc) is 2.34. The lowest BCUT2D eigenvalue weighted by Gasteiger charge is -2.08. The quantitative estimate of drug-likeness (QED) is 0.765. The second kappa shape index (κ2) is 5.78. The predicted octanol–water partition coefficient (Wildman–Crippen LogP) is 4.64. The minimum atomic E-state index is -0.200. The molecule has 0 spiro atoms. The Kier molecular flexibility index (Phi) is 4.32. The number of carbonyl (C=O) groups excluding carboxylic acids is 1. The molecule has 0 aliphatic carbocycles.